The molecule has 1 unspecified atom stereocenters. The third-order valence-corrected chi connectivity index (χ3v) is 4.20. The predicted octanol–water partition coefficient (Wildman–Crippen LogP) is 1.49. The van der Waals surface area contributed by atoms with Gasteiger partial charge in [-0.25, -0.2) is 13.1 Å². The molecule has 0 aliphatic rings. The van der Waals surface area contributed by atoms with E-state index in [1.807, 2.05) is 19.1 Å². The highest BCUT2D eigenvalue weighted by Crippen LogP contribution is 2.11. The number of sulfonamides is 1. The SMILES string of the molecule is C#CCC(C)NS(=O)(=O)c1ccc(CNCC)cc1. The monoisotopic (exact) mass is 280 g/mol. The van der Waals surface area contributed by atoms with Gasteiger partial charge in [-0.2, -0.15) is 0 Å². The van der Waals surface area contributed by atoms with Gasteiger partial charge in [0.25, 0.3) is 0 Å². The summed E-state index contributed by atoms with van der Waals surface area (Å²) in [6, 6.07) is 6.57. The molecule has 4 nitrogen and oxygen atoms in total. The molecular formula is C14H20N2O2S. The lowest BCUT2D eigenvalue weighted by Gasteiger charge is -2.12. The van der Waals surface area contributed by atoms with E-state index >= 15 is 0 Å². The zero-order chi connectivity index (χ0) is 14.3. The van der Waals surface area contributed by atoms with Crippen molar-refractivity contribution in [2.45, 2.75) is 37.8 Å². The van der Waals surface area contributed by atoms with E-state index in [0.717, 1.165) is 18.7 Å². The highest BCUT2D eigenvalue weighted by Gasteiger charge is 2.16. The van der Waals surface area contributed by atoms with E-state index in [0.29, 0.717) is 6.42 Å². The van der Waals surface area contributed by atoms with Crippen molar-refractivity contribution in [3.8, 4) is 12.3 Å². The van der Waals surface area contributed by atoms with Crippen LogP contribution in [0, 0.1) is 12.3 Å². The van der Waals surface area contributed by atoms with E-state index < -0.39 is 10.0 Å². The molecule has 104 valence electrons. The van der Waals surface area contributed by atoms with E-state index in [1.165, 1.54) is 0 Å². The average Bonchev–Trinajstić information content (AvgIpc) is 2.36. The Morgan fingerprint density at radius 3 is 2.47 bits per heavy atom. The molecule has 19 heavy (non-hydrogen) atoms. The molecule has 0 saturated heterocycles. The fourth-order valence-corrected chi connectivity index (χ4v) is 2.85. The van der Waals surface area contributed by atoms with E-state index in [1.54, 1.807) is 19.1 Å². The van der Waals surface area contributed by atoms with Crippen molar-refractivity contribution < 1.29 is 8.42 Å². The fourth-order valence-electron chi connectivity index (χ4n) is 1.61. The zero-order valence-electron chi connectivity index (χ0n) is 11.3. The van der Waals surface area contributed by atoms with E-state index in [4.69, 9.17) is 6.42 Å². The largest absolute Gasteiger partial charge is 0.313 e. The van der Waals surface area contributed by atoms with Crippen molar-refractivity contribution >= 4 is 10.0 Å². The van der Waals surface area contributed by atoms with Crippen LogP contribution in [-0.4, -0.2) is 21.0 Å². The highest BCUT2D eigenvalue weighted by molar-refractivity contribution is 7.89. The summed E-state index contributed by atoms with van der Waals surface area (Å²) in [5.74, 6) is 2.44. The van der Waals surface area contributed by atoms with Crippen LogP contribution in [0.5, 0.6) is 0 Å². The molecular weight excluding hydrogens is 260 g/mol. The first-order chi connectivity index (χ1) is 8.99. The van der Waals surface area contributed by atoms with E-state index in [9.17, 15) is 8.42 Å². The number of benzene rings is 1. The fraction of sp³-hybridized carbons (Fsp3) is 0.429. The van der Waals surface area contributed by atoms with Gasteiger partial charge < -0.3 is 5.32 Å². The number of hydrogen-bond acceptors (Lipinski definition) is 3. The summed E-state index contributed by atoms with van der Waals surface area (Å²) in [6.07, 6.45) is 5.53. The summed E-state index contributed by atoms with van der Waals surface area (Å²) in [4.78, 5) is 0.261. The molecule has 0 aliphatic carbocycles. The summed E-state index contributed by atoms with van der Waals surface area (Å²) in [5, 5.41) is 3.18. The Balaban J connectivity index is 2.76. The molecule has 0 heterocycles. The van der Waals surface area contributed by atoms with Gasteiger partial charge in [0.1, 0.15) is 0 Å². The van der Waals surface area contributed by atoms with Crippen molar-refractivity contribution in [3.05, 3.63) is 29.8 Å². The number of terminal acetylenes is 1. The minimum atomic E-state index is -3.48. The van der Waals surface area contributed by atoms with Gasteiger partial charge in [-0.15, -0.1) is 12.3 Å². The van der Waals surface area contributed by atoms with Gasteiger partial charge in [0.2, 0.25) is 10.0 Å². The zero-order valence-corrected chi connectivity index (χ0v) is 12.1. The molecule has 2 N–H and O–H groups in total. The number of nitrogens with one attached hydrogen (secondary N) is 2. The number of hydrogen-bond donors (Lipinski definition) is 2. The Labute approximate surface area is 115 Å². The molecule has 0 amide bonds. The van der Waals surface area contributed by atoms with Gasteiger partial charge >= 0.3 is 0 Å². The molecule has 1 rings (SSSR count). The van der Waals surface area contributed by atoms with Crippen LogP contribution in [-0.2, 0) is 16.6 Å². The molecule has 0 aromatic heterocycles. The van der Waals surface area contributed by atoms with Gasteiger partial charge in [0.15, 0.2) is 0 Å². The molecule has 5 heteroatoms. The second-order valence-corrected chi connectivity index (χ2v) is 6.07. The maximum absolute atomic E-state index is 12.0. The van der Waals surface area contributed by atoms with E-state index in [-0.39, 0.29) is 10.9 Å². The third-order valence-electron chi connectivity index (χ3n) is 2.59. The van der Waals surface area contributed by atoms with Crippen molar-refractivity contribution in [1.82, 2.24) is 10.0 Å². The average molecular weight is 280 g/mol. The Hall–Kier alpha value is -1.35. The molecule has 1 aromatic carbocycles. The summed E-state index contributed by atoms with van der Waals surface area (Å²) in [6.45, 7) is 5.38. The van der Waals surface area contributed by atoms with Crippen molar-refractivity contribution in [2.75, 3.05) is 6.54 Å². The highest BCUT2D eigenvalue weighted by atomic mass is 32.2. The second-order valence-electron chi connectivity index (χ2n) is 4.35. The number of rotatable bonds is 7. The van der Waals surface area contributed by atoms with Crippen LogP contribution < -0.4 is 10.0 Å². The van der Waals surface area contributed by atoms with Crippen LogP contribution in [0.25, 0.3) is 0 Å². The molecule has 0 bridgehead atoms. The van der Waals surface area contributed by atoms with Gasteiger partial charge in [-0.3, -0.25) is 0 Å². The van der Waals surface area contributed by atoms with Gasteiger partial charge in [-0.1, -0.05) is 19.1 Å². The van der Waals surface area contributed by atoms with Crippen LogP contribution in [0.15, 0.2) is 29.2 Å². The maximum Gasteiger partial charge on any atom is 0.240 e. The minimum Gasteiger partial charge on any atom is -0.313 e. The predicted molar refractivity (Wildman–Crippen MR) is 77.1 cm³/mol. The lowest BCUT2D eigenvalue weighted by molar-refractivity contribution is 0.563. The van der Waals surface area contributed by atoms with Crippen LogP contribution in [0.3, 0.4) is 0 Å². The Bertz CT molecular complexity index is 530. The molecule has 1 aromatic rings. The smallest absolute Gasteiger partial charge is 0.240 e. The summed E-state index contributed by atoms with van der Waals surface area (Å²) >= 11 is 0. The first kappa shape index (κ1) is 15.7. The van der Waals surface area contributed by atoms with Gasteiger partial charge in [0.05, 0.1) is 4.90 Å². The first-order valence-corrected chi connectivity index (χ1v) is 7.73. The van der Waals surface area contributed by atoms with Crippen molar-refractivity contribution in [3.63, 3.8) is 0 Å². The lowest BCUT2D eigenvalue weighted by atomic mass is 10.2. The third kappa shape index (κ3) is 5.03. The molecule has 0 radical (unpaired) electrons. The van der Waals surface area contributed by atoms with Crippen molar-refractivity contribution in [1.29, 1.82) is 0 Å². The van der Waals surface area contributed by atoms with Gasteiger partial charge in [0, 0.05) is 19.0 Å². The van der Waals surface area contributed by atoms with Crippen LogP contribution in [0.1, 0.15) is 25.8 Å². The van der Waals surface area contributed by atoms with Crippen molar-refractivity contribution in [2.24, 2.45) is 0 Å². The second kappa shape index (κ2) is 7.29. The molecule has 0 saturated carbocycles. The Morgan fingerprint density at radius 1 is 1.32 bits per heavy atom. The molecule has 0 aliphatic heterocycles. The standard InChI is InChI=1S/C14H20N2O2S/c1-4-6-12(3)16-19(17,18)14-9-7-13(8-10-14)11-15-5-2/h1,7-10,12,15-16H,5-6,11H2,2-3H3. The minimum absolute atomic E-state index is 0.261. The summed E-state index contributed by atoms with van der Waals surface area (Å²) < 4.78 is 26.6. The quantitative estimate of drug-likeness (QED) is 0.744. The van der Waals surface area contributed by atoms with Gasteiger partial charge in [-0.05, 0) is 31.2 Å². The normalized spacial score (nSPS) is 12.9. The first-order valence-electron chi connectivity index (χ1n) is 6.25. The summed E-state index contributed by atoms with van der Waals surface area (Å²) in [7, 11) is -3.48. The Morgan fingerprint density at radius 2 is 1.95 bits per heavy atom. The van der Waals surface area contributed by atoms with Crippen LogP contribution in [0.2, 0.25) is 0 Å². The molecule has 0 spiro atoms. The topological polar surface area (TPSA) is 58.2 Å². The van der Waals surface area contributed by atoms with E-state index in [2.05, 4.69) is 16.0 Å². The van der Waals surface area contributed by atoms with Crippen LogP contribution >= 0.6 is 0 Å². The van der Waals surface area contributed by atoms with Crippen LogP contribution in [0.4, 0.5) is 0 Å². The summed E-state index contributed by atoms with van der Waals surface area (Å²) in [5.41, 5.74) is 1.05. The molecule has 1 atom stereocenters. The lowest BCUT2D eigenvalue weighted by Crippen LogP contribution is -2.32. The molecule has 0 fully saturated rings. The maximum atomic E-state index is 12.0. The Kier molecular flexibility index (Phi) is 6.03.